The van der Waals surface area contributed by atoms with E-state index in [0.29, 0.717) is 0 Å². The molecule has 0 heterocycles. The van der Waals surface area contributed by atoms with Crippen molar-refractivity contribution >= 4 is 8.07 Å². The van der Waals surface area contributed by atoms with Crippen LogP contribution in [0.3, 0.4) is 0 Å². The van der Waals surface area contributed by atoms with Crippen LogP contribution in [0.1, 0.15) is 32.1 Å². The molecule has 0 radical (unpaired) electrons. The van der Waals surface area contributed by atoms with Gasteiger partial charge in [0.05, 0.1) is 0 Å². The molecule has 1 heteroatoms. The average Bonchev–Trinajstić information content (AvgIpc) is 2.02. The van der Waals surface area contributed by atoms with Gasteiger partial charge in [-0.1, -0.05) is 38.9 Å². The molecule has 0 N–H and O–H groups in total. The molecule has 1 aliphatic rings. The molecule has 12 heavy (non-hydrogen) atoms. The lowest BCUT2D eigenvalue weighted by Crippen LogP contribution is -2.17. The highest BCUT2D eigenvalue weighted by atomic mass is 28.3. The first kappa shape index (κ1) is 9.86. The van der Waals surface area contributed by atoms with E-state index in [2.05, 4.69) is 31.1 Å². The van der Waals surface area contributed by atoms with Crippen molar-refractivity contribution in [3.8, 4) is 11.5 Å². The van der Waals surface area contributed by atoms with E-state index in [9.17, 15) is 0 Å². The minimum absolute atomic E-state index is 0.741. The molecule has 1 fully saturated rings. The fourth-order valence-electron chi connectivity index (χ4n) is 1.57. The van der Waals surface area contributed by atoms with Crippen molar-refractivity contribution in [2.24, 2.45) is 5.92 Å². The number of hydrogen-bond donors (Lipinski definition) is 0. The maximum Gasteiger partial charge on any atom is 0.129 e. The van der Waals surface area contributed by atoms with Crippen LogP contribution in [0.2, 0.25) is 19.6 Å². The third kappa shape index (κ3) is 3.97. The second-order valence-electron chi connectivity index (χ2n) is 4.85. The van der Waals surface area contributed by atoms with E-state index in [1.54, 1.807) is 0 Å². The molecular formula is C11H20Si. The van der Waals surface area contributed by atoms with E-state index in [1.807, 2.05) is 0 Å². The predicted molar refractivity (Wildman–Crippen MR) is 57.7 cm³/mol. The summed E-state index contributed by atoms with van der Waals surface area (Å²) in [4.78, 5) is 0. The van der Waals surface area contributed by atoms with Gasteiger partial charge in [-0.15, -0.1) is 11.5 Å². The standard InChI is InChI=1S/C11H20Si/c1-12(2,3)10-9-11-7-5-4-6-8-11/h11H,4-8H2,1-3H3. The van der Waals surface area contributed by atoms with Crippen LogP contribution < -0.4 is 0 Å². The minimum atomic E-state index is -1.10. The Labute approximate surface area is 77.8 Å². The zero-order valence-corrected chi connectivity index (χ0v) is 9.61. The van der Waals surface area contributed by atoms with E-state index in [-0.39, 0.29) is 0 Å². The van der Waals surface area contributed by atoms with Crippen LogP contribution in [0, 0.1) is 17.4 Å². The van der Waals surface area contributed by atoms with Crippen molar-refractivity contribution < 1.29 is 0 Å². The summed E-state index contributed by atoms with van der Waals surface area (Å²) in [5.41, 5.74) is 3.48. The first-order valence-electron chi connectivity index (χ1n) is 5.11. The van der Waals surface area contributed by atoms with Crippen LogP contribution in [0.15, 0.2) is 0 Å². The van der Waals surface area contributed by atoms with Crippen molar-refractivity contribution in [2.45, 2.75) is 51.7 Å². The molecule has 1 rings (SSSR count). The Morgan fingerprint density at radius 1 is 1.00 bits per heavy atom. The molecule has 0 spiro atoms. The van der Waals surface area contributed by atoms with Crippen molar-refractivity contribution in [1.29, 1.82) is 0 Å². The molecule has 0 saturated heterocycles. The largest absolute Gasteiger partial charge is 0.132 e. The first-order chi connectivity index (χ1) is 5.58. The summed E-state index contributed by atoms with van der Waals surface area (Å²) in [6.45, 7) is 6.97. The predicted octanol–water partition coefficient (Wildman–Crippen LogP) is 3.45. The van der Waals surface area contributed by atoms with E-state index in [0.717, 1.165) is 5.92 Å². The highest BCUT2D eigenvalue weighted by Gasteiger charge is 2.12. The number of rotatable bonds is 0. The van der Waals surface area contributed by atoms with Gasteiger partial charge in [0.15, 0.2) is 0 Å². The third-order valence-electron chi connectivity index (χ3n) is 2.26. The van der Waals surface area contributed by atoms with E-state index in [1.165, 1.54) is 32.1 Å². The van der Waals surface area contributed by atoms with Crippen molar-refractivity contribution in [3.05, 3.63) is 0 Å². The molecular weight excluding hydrogens is 160 g/mol. The maximum atomic E-state index is 3.48. The van der Waals surface area contributed by atoms with Gasteiger partial charge in [-0.3, -0.25) is 0 Å². The Balaban J connectivity index is 2.41. The highest BCUT2D eigenvalue weighted by Crippen LogP contribution is 2.22. The average molecular weight is 180 g/mol. The van der Waals surface area contributed by atoms with Crippen molar-refractivity contribution in [1.82, 2.24) is 0 Å². The monoisotopic (exact) mass is 180 g/mol. The van der Waals surface area contributed by atoms with Crippen molar-refractivity contribution in [2.75, 3.05) is 0 Å². The van der Waals surface area contributed by atoms with Crippen LogP contribution in [0.4, 0.5) is 0 Å². The lowest BCUT2D eigenvalue weighted by atomic mass is 9.90. The topological polar surface area (TPSA) is 0 Å². The molecule has 1 aliphatic carbocycles. The lowest BCUT2D eigenvalue weighted by Gasteiger charge is -2.16. The normalized spacial score (nSPS) is 19.9. The van der Waals surface area contributed by atoms with Crippen LogP contribution >= 0.6 is 0 Å². The molecule has 0 atom stereocenters. The molecule has 0 amide bonds. The SMILES string of the molecule is C[Si](C)(C)C#CC1CCCCC1. The van der Waals surface area contributed by atoms with Gasteiger partial charge in [-0.25, -0.2) is 0 Å². The molecule has 0 aromatic carbocycles. The quantitative estimate of drug-likeness (QED) is 0.396. The molecule has 68 valence electrons. The third-order valence-corrected chi connectivity index (χ3v) is 3.15. The molecule has 0 nitrogen and oxygen atoms in total. The minimum Gasteiger partial charge on any atom is -0.132 e. The summed E-state index contributed by atoms with van der Waals surface area (Å²) in [5, 5.41) is 0. The van der Waals surface area contributed by atoms with Gasteiger partial charge in [0.2, 0.25) is 0 Å². The van der Waals surface area contributed by atoms with Gasteiger partial charge in [-0.05, 0) is 12.8 Å². The fraction of sp³-hybridized carbons (Fsp3) is 0.818. The summed E-state index contributed by atoms with van der Waals surface area (Å²) in [6.07, 6.45) is 6.97. The zero-order valence-electron chi connectivity index (χ0n) is 8.61. The zero-order chi connectivity index (χ0) is 9.03. The lowest BCUT2D eigenvalue weighted by molar-refractivity contribution is 0.430. The smallest absolute Gasteiger partial charge is 0.129 e. The van der Waals surface area contributed by atoms with Gasteiger partial charge >= 0.3 is 0 Å². The van der Waals surface area contributed by atoms with E-state index in [4.69, 9.17) is 0 Å². The molecule has 0 aromatic heterocycles. The van der Waals surface area contributed by atoms with Crippen LogP contribution in [-0.4, -0.2) is 8.07 Å². The van der Waals surface area contributed by atoms with Gasteiger partial charge in [-0.2, -0.15) is 0 Å². The van der Waals surface area contributed by atoms with E-state index < -0.39 is 8.07 Å². The Morgan fingerprint density at radius 2 is 1.58 bits per heavy atom. The Kier molecular flexibility index (Phi) is 3.40. The molecule has 0 bridgehead atoms. The Morgan fingerprint density at radius 3 is 2.08 bits per heavy atom. The molecule has 0 aromatic rings. The summed E-state index contributed by atoms with van der Waals surface area (Å²) in [5.74, 6) is 4.21. The first-order valence-corrected chi connectivity index (χ1v) is 8.61. The Hall–Kier alpha value is -0.223. The maximum absolute atomic E-state index is 3.48. The second kappa shape index (κ2) is 4.14. The fourth-order valence-corrected chi connectivity index (χ4v) is 2.20. The van der Waals surface area contributed by atoms with Crippen LogP contribution in [0.25, 0.3) is 0 Å². The van der Waals surface area contributed by atoms with Crippen LogP contribution in [0.5, 0.6) is 0 Å². The number of hydrogen-bond acceptors (Lipinski definition) is 0. The van der Waals surface area contributed by atoms with Crippen molar-refractivity contribution in [3.63, 3.8) is 0 Å². The van der Waals surface area contributed by atoms with Gasteiger partial charge in [0, 0.05) is 5.92 Å². The second-order valence-corrected chi connectivity index (χ2v) is 9.60. The summed E-state index contributed by atoms with van der Waals surface area (Å²) < 4.78 is 0. The molecule has 1 saturated carbocycles. The summed E-state index contributed by atoms with van der Waals surface area (Å²) >= 11 is 0. The molecule has 0 unspecified atom stereocenters. The van der Waals surface area contributed by atoms with Gasteiger partial charge in [0.25, 0.3) is 0 Å². The molecule has 0 aliphatic heterocycles. The van der Waals surface area contributed by atoms with Gasteiger partial charge in [0.1, 0.15) is 8.07 Å². The Bertz CT molecular complexity index is 183. The van der Waals surface area contributed by atoms with Crippen LogP contribution in [-0.2, 0) is 0 Å². The summed E-state index contributed by atoms with van der Waals surface area (Å²) in [7, 11) is -1.10. The van der Waals surface area contributed by atoms with E-state index >= 15 is 0 Å². The summed E-state index contributed by atoms with van der Waals surface area (Å²) in [6, 6.07) is 0. The highest BCUT2D eigenvalue weighted by molar-refractivity contribution is 6.83. The van der Waals surface area contributed by atoms with Gasteiger partial charge < -0.3 is 0 Å².